The van der Waals surface area contributed by atoms with E-state index in [4.69, 9.17) is 15.7 Å². The van der Waals surface area contributed by atoms with Gasteiger partial charge in [0.25, 0.3) is 0 Å². The van der Waals surface area contributed by atoms with Gasteiger partial charge in [-0.2, -0.15) is 5.26 Å². The Labute approximate surface area is 115 Å². The summed E-state index contributed by atoms with van der Waals surface area (Å²) in [5.41, 5.74) is 5.58. The van der Waals surface area contributed by atoms with Crippen LogP contribution >= 0.6 is 15.9 Å². The van der Waals surface area contributed by atoms with Crippen LogP contribution in [0.2, 0.25) is 0 Å². The Balaban J connectivity index is 2.53. The largest absolute Gasteiger partial charge is 0.490 e. The molecule has 0 spiro atoms. The summed E-state index contributed by atoms with van der Waals surface area (Å²) >= 11 is 3.21. The van der Waals surface area contributed by atoms with Crippen molar-refractivity contribution in [3.05, 3.63) is 22.4 Å². The topological polar surface area (TPSA) is 59.0 Å². The molecule has 0 fully saturated rings. The predicted molar refractivity (Wildman–Crippen MR) is 72.6 cm³/mol. The average molecular weight is 315 g/mol. The van der Waals surface area contributed by atoms with Crippen LogP contribution in [0.3, 0.4) is 0 Å². The van der Waals surface area contributed by atoms with E-state index in [0.717, 1.165) is 12.8 Å². The van der Waals surface area contributed by atoms with Gasteiger partial charge in [0.05, 0.1) is 28.3 Å². The van der Waals surface area contributed by atoms with Gasteiger partial charge in [-0.3, -0.25) is 0 Å². The first-order valence-corrected chi connectivity index (χ1v) is 6.43. The Hall–Kier alpha value is -1.28. The molecular formula is C13H16BrFN2O. The van der Waals surface area contributed by atoms with Gasteiger partial charge in [-0.1, -0.05) is 0 Å². The molecular weight excluding hydrogens is 299 g/mol. The van der Waals surface area contributed by atoms with E-state index in [1.807, 2.05) is 13.8 Å². The fraction of sp³-hybridized carbons (Fsp3) is 0.462. The summed E-state index contributed by atoms with van der Waals surface area (Å²) < 4.78 is 19.0. The van der Waals surface area contributed by atoms with Crippen molar-refractivity contribution < 1.29 is 9.13 Å². The van der Waals surface area contributed by atoms with E-state index in [1.165, 1.54) is 12.1 Å². The monoisotopic (exact) mass is 314 g/mol. The lowest BCUT2D eigenvalue weighted by Crippen LogP contribution is -2.10. The van der Waals surface area contributed by atoms with Gasteiger partial charge in [-0.25, -0.2) is 4.39 Å². The fourth-order valence-corrected chi connectivity index (χ4v) is 2.04. The number of nitriles is 1. The van der Waals surface area contributed by atoms with E-state index in [2.05, 4.69) is 22.0 Å². The van der Waals surface area contributed by atoms with Crippen molar-refractivity contribution in [3.63, 3.8) is 0 Å². The normalized spacial score (nSPS) is 11.1. The van der Waals surface area contributed by atoms with Crippen LogP contribution < -0.4 is 10.5 Å². The number of ether oxygens (including phenoxy) is 1. The zero-order valence-corrected chi connectivity index (χ0v) is 12.1. The zero-order chi connectivity index (χ0) is 13.8. The van der Waals surface area contributed by atoms with E-state index < -0.39 is 5.82 Å². The van der Waals surface area contributed by atoms with Crippen LogP contribution in [0.1, 0.15) is 26.7 Å². The lowest BCUT2D eigenvalue weighted by atomic mass is 9.90. The summed E-state index contributed by atoms with van der Waals surface area (Å²) in [6, 6.07) is 4.76. The van der Waals surface area contributed by atoms with Crippen LogP contribution in [0.4, 0.5) is 10.1 Å². The van der Waals surface area contributed by atoms with Gasteiger partial charge in [0.15, 0.2) is 5.75 Å². The molecule has 0 aliphatic heterocycles. The maximum absolute atomic E-state index is 13.0. The van der Waals surface area contributed by atoms with E-state index in [0.29, 0.717) is 16.8 Å². The van der Waals surface area contributed by atoms with E-state index in [1.54, 1.807) is 0 Å². The molecule has 0 aromatic heterocycles. The molecule has 0 aliphatic carbocycles. The first-order valence-electron chi connectivity index (χ1n) is 5.64. The number of benzene rings is 1. The summed E-state index contributed by atoms with van der Waals surface area (Å²) in [5.74, 6) is 0.0449. The first-order chi connectivity index (χ1) is 8.35. The third-order valence-corrected chi connectivity index (χ3v) is 3.12. The number of nitrogen functional groups attached to an aromatic ring is 1. The second-order valence-corrected chi connectivity index (χ2v) is 5.61. The minimum absolute atomic E-state index is 0.265. The van der Waals surface area contributed by atoms with E-state index >= 15 is 0 Å². The van der Waals surface area contributed by atoms with Gasteiger partial charge in [-0.15, -0.1) is 0 Å². The van der Waals surface area contributed by atoms with Crippen LogP contribution in [0.5, 0.6) is 5.75 Å². The highest BCUT2D eigenvalue weighted by atomic mass is 79.9. The van der Waals surface area contributed by atoms with Gasteiger partial charge in [0.1, 0.15) is 5.82 Å². The molecule has 0 radical (unpaired) electrons. The number of halogens is 2. The Bertz CT molecular complexity index is 446. The molecule has 0 amide bonds. The molecule has 1 rings (SSSR count). The third-order valence-electron chi connectivity index (χ3n) is 2.53. The Morgan fingerprint density at radius 1 is 1.50 bits per heavy atom. The summed E-state index contributed by atoms with van der Waals surface area (Å²) in [5, 5.41) is 8.87. The predicted octanol–water partition coefficient (Wildman–Crippen LogP) is 3.88. The van der Waals surface area contributed by atoms with Gasteiger partial charge in [-0.05, 0) is 48.7 Å². The highest BCUT2D eigenvalue weighted by molar-refractivity contribution is 9.10. The van der Waals surface area contributed by atoms with Crippen LogP contribution in [-0.4, -0.2) is 6.61 Å². The molecule has 0 saturated heterocycles. The quantitative estimate of drug-likeness (QED) is 0.662. The molecule has 1 aromatic rings. The van der Waals surface area contributed by atoms with Crippen molar-refractivity contribution in [2.24, 2.45) is 5.41 Å². The Morgan fingerprint density at radius 3 is 2.72 bits per heavy atom. The maximum Gasteiger partial charge on any atom is 0.156 e. The maximum atomic E-state index is 13.0. The average Bonchev–Trinajstić information content (AvgIpc) is 2.26. The summed E-state index contributed by atoms with van der Waals surface area (Å²) in [7, 11) is 0. The number of hydrogen-bond acceptors (Lipinski definition) is 3. The fourth-order valence-electron chi connectivity index (χ4n) is 1.48. The van der Waals surface area contributed by atoms with Gasteiger partial charge < -0.3 is 10.5 Å². The molecule has 5 heteroatoms. The van der Waals surface area contributed by atoms with E-state index in [9.17, 15) is 4.39 Å². The summed E-state index contributed by atoms with van der Waals surface area (Å²) in [4.78, 5) is 0. The lowest BCUT2D eigenvalue weighted by molar-refractivity contribution is 0.284. The van der Waals surface area contributed by atoms with Crippen molar-refractivity contribution >= 4 is 21.6 Å². The minimum atomic E-state index is -0.405. The molecule has 3 nitrogen and oxygen atoms in total. The van der Waals surface area contributed by atoms with Gasteiger partial charge >= 0.3 is 0 Å². The van der Waals surface area contributed by atoms with Crippen molar-refractivity contribution in [2.45, 2.75) is 26.7 Å². The van der Waals surface area contributed by atoms with Crippen molar-refractivity contribution in [1.82, 2.24) is 0 Å². The highest BCUT2D eigenvalue weighted by Crippen LogP contribution is 2.32. The standard InChI is InChI=1S/C13H16BrFN2O/c1-13(2,8-16)4-3-5-18-12-10(14)6-9(15)7-11(12)17/h6-7H,3-5,17H2,1-2H3. The molecule has 0 unspecified atom stereocenters. The number of nitrogens with two attached hydrogens (primary N) is 1. The first kappa shape index (κ1) is 14.8. The number of rotatable bonds is 5. The molecule has 0 aliphatic rings. The van der Waals surface area contributed by atoms with Gasteiger partial charge in [0, 0.05) is 6.07 Å². The van der Waals surface area contributed by atoms with Crippen LogP contribution in [-0.2, 0) is 0 Å². The SMILES string of the molecule is CC(C)(C#N)CCCOc1c(N)cc(F)cc1Br. The molecule has 0 heterocycles. The minimum Gasteiger partial charge on any atom is -0.490 e. The number of hydrogen-bond donors (Lipinski definition) is 1. The molecule has 98 valence electrons. The second kappa shape index (κ2) is 6.05. The van der Waals surface area contributed by atoms with Gasteiger partial charge in [0.2, 0.25) is 0 Å². The summed E-state index contributed by atoms with van der Waals surface area (Å²) in [6.45, 7) is 4.21. The van der Waals surface area contributed by atoms with Crippen LogP contribution in [0, 0.1) is 22.6 Å². The van der Waals surface area contributed by atoms with Crippen LogP contribution in [0.25, 0.3) is 0 Å². The Morgan fingerprint density at radius 2 is 2.17 bits per heavy atom. The smallest absolute Gasteiger partial charge is 0.156 e. The molecule has 0 atom stereocenters. The zero-order valence-electron chi connectivity index (χ0n) is 10.5. The van der Waals surface area contributed by atoms with E-state index in [-0.39, 0.29) is 11.1 Å². The summed E-state index contributed by atoms with van der Waals surface area (Å²) in [6.07, 6.45) is 1.48. The molecule has 1 aromatic carbocycles. The molecule has 2 N–H and O–H groups in total. The highest BCUT2D eigenvalue weighted by Gasteiger charge is 2.16. The third kappa shape index (κ3) is 4.19. The van der Waals surface area contributed by atoms with Crippen molar-refractivity contribution in [2.75, 3.05) is 12.3 Å². The lowest BCUT2D eigenvalue weighted by Gasteiger charge is -2.15. The van der Waals surface area contributed by atoms with Crippen LogP contribution in [0.15, 0.2) is 16.6 Å². The number of nitrogens with zero attached hydrogens (tertiary/aromatic N) is 1. The molecule has 0 bridgehead atoms. The van der Waals surface area contributed by atoms with Crippen molar-refractivity contribution in [3.8, 4) is 11.8 Å². The Kier molecular flexibility index (Phi) is 4.97. The molecule has 0 saturated carbocycles. The molecule has 18 heavy (non-hydrogen) atoms. The number of anilines is 1. The van der Waals surface area contributed by atoms with Crippen molar-refractivity contribution in [1.29, 1.82) is 5.26 Å². The second-order valence-electron chi connectivity index (χ2n) is 4.75.